The SMILES string of the molecule is O=C1/C(=C\c2cc(Cl)c(OCc3ccc(Cl)cc3)c(Br)c2)SC(=S)N1c1ccccc1. The largest absolute Gasteiger partial charge is 0.486 e. The first-order valence-electron chi connectivity index (χ1n) is 9.11. The van der Waals surface area contributed by atoms with Gasteiger partial charge in [-0.25, -0.2) is 0 Å². The molecule has 1 amide bonds. The number of hydrogen-bond acceptors (Lipinski definition) is 4. The van der Waals surface area contributed by atoms with E-state index in [-0.39, 0.29) is 5.91 Å². The summed E-state index contributed by atoms with van der Waals surface area (Å²) in [5, 5.41) is 1.11. The maximum Gasteiger partial charge on any atom is 0.270 e. The van der Waals surface area contributed by atoms with Gasteiger partial charge in [0.05, 0.1) is 20.1 Å². The zero-order valence-electron chi connectivity index (χ0n) is 15.8. The number of ether oxygens (including phenoxy) is 1. The van der Waals surface area contributed by atoms with Crippen molar-refractivity contribution in [3.8, 4) is 5.75 Å². The van der Waals surface area contributed by atoms with Gasteiger partial charge in [-0.05, 0) is 69.5 Å². The van der Waals surface area contributed by atoms with E-state index >= 15 is 0 Å². The fourth-order valence-electron chi connectivity index (χ4n) is 2.96. The molecule has 156 valence electrons. The number of rotatable bonds is 5. The fourth-order valence-corrected chi connectivity index (χ4v) is 5.37. The molecule has 0 N–H and O–H groups in total. The van der Waals surface area contributed by atoms with Gasteiger partial charge in [-0.2, -0.15) is 0 Å². The van der Waals surface area contributed by atoms with Gasteiger partial charge >= 0.3 is 0 Å². The average molecular weight is 551 g/mol. The number of benzene rings is 3. The molecule has 8 heteroatoms. The molecule has 3 aromatic carbocycles. The molecule has 0 saturated carbocycles. The molecule has 0 atom stereocenters. The minimum atomic E-state index is -0.156. The molecular formula is C23H14BrCl2NO2S2. The van der Waals surface area contributed by atoms with Crippen LogP contribution in [0.15, 0.2) is 76.1 Å². The molecule has 1 aliphatic rings. The Bertz CT molecular complexity index is 1160. The Balaban J connectivity index is 1.54. The molecule has 0 spiro atoms. The summed E-state index contributed by atoms with van der Waals surface area (Å²) in [7, 11) is 0. The Morgan fingerprint density at radius 3 is 2.45 bits per heavy atom. The van der Waals surface area contributed by atoms with Crippen molar-refractivity contribution in [2.45, 2.75) is 6.61 Å². The average Bonchev–Trinajstić information content (AvgIpc) is 3.02. The summed E-state index contributed by atoms with van der Waals surface area (Å²) in [5.74, 6) is 0.377. The molecule has 3 nitrogen and oxygen atoms in total. The van der Waals surface area contributed by atoms with E-state index in [1.54, 1.807) is 12.1 Å². The highest BCUT2D eigenvalue weighted by molar-refractivity contribution is 9.10. The monoisotopic (exact) mass is 549 g/mol. The number of para-hydroxylation sites is 1. The van der Waals surface area contributed by atoms with E-state index < -0.39 is 0 Å². The minimum absolute atomic E-state index is 0.156. The third-order valence-electron chi connectivity index (χ3n) is 4.42. The Labute approximate surface area is 208 Å². The Kier molecular flexibility index (Phi) is 7.04. The molecule has 3 aromatic rings. The highest BCUT2D eigenvalue weighted by Gasteiger charge is 2.33. The molecule has 4 rings (SSSR count). The van der Waals surface area contributed by atoms with Crippen molar-refractivity contribution in [3.63, 3.8) is 0 Å². The zero-order chi connectivity index (χ0) is 22.0. The first-order valence-corrected chi connectivity index (χ1v) is 11.9. The molecular weight excluding hydrogens is 537 g/mol. The molecule has 0 aliphatic carbocycles. The van der Waals surface area contributed by atoms with Crippen LogP contribution < -0.4 is 9.64 Å². The van der Waals surface area contributed by atoms with Crippen LogP contribution in [0.4, 0.5) is 5.69 Å². The number of carbonyl (C=O) groups is 1. The maximum atomic E-state index is 12.9. The van der Waals surface area contributed by atoms with E-state index in [0.29, 0.717) is 36.1 Å². The summed E-state index contributed by atoms with van der Waals surface area (Å²) in [4.78, 5) is 15.0. The summed E-state index contributed by atoms with van der Waals surface area (Å²) < 4.78 is 7.08. The topological polar surface area (TPSA) is 29.5 Å². The van der Waals surface area contributed by atoms with Crippen molar-refractivity contribution in [1.82, 2.24) is 0 Å². The molecule has 0 aromatic heterocycles. The molecule has 0 radical (unpaired) electrons. The van der Waals surface area contributed by atoms with Gasteiger partial charge < -0.3 is 4.74 Å². The Hall–Kier alpha value is -1.83. The van der Waals surface area contributed by atoms with Gasteiger partial charge in [-0.3, -0.25) is 9.69 Å². The number of halogens is 3. The number of hydrogen-bond donors (Lipinski definition) is 0. The van der Waals surface area contributed by atoms with Gasteiger partial charge in [0.2, 0.25) is 0 Å². The number of nitrogens with zero attached hydrogens (tertiary/aromatic N) is 1. The predicted octanol–water partition coefficient (Wildman–Crippen LogP) is 7.74. The van der Waals surface area contributed by atoms with Crippen LogP contribution in [-0.4, -0.2) is 10.2 Å². The molecule has 1 fully saturated rings. The quantitative estimate of drug-likeness (QED) is 0.240. The van der Waals surface area contributed by atoms with E-state index in [4.69, 9.17) is 40.2 Å². The van der Waals surface area contributed by atoms with Gasteiger partial charge in [-0.15, -0.1) is 0 Å². The van der Waals surface area contributed by atoms with Gasteiger partial charge in [0.1, 0.15) is 6.61 Å². The third-order valence-corrected chi connectivity index (χ3v) is 6.85. The second kappa shape index (κ2) is 9.76. The van der Waals surface area contributed by atoms with Crippen LogP contribution >= 0.6 is 63.1 Å². The van der Waals surface area contributed by atoms with Gasteiger partial charge in [-0.1, -0.05) is 77.5 Å². The number of thiocarbonyl (C=S) groups is 1. The van der Waals surface area contributed by atoms with Crippen LogP contribution in [0, 0.1) is 0 Å². The molecule has 0 unspecified atom stereocenters. The van der Waals surface area contributed by atoms with Crippen molar-refractivity contribution < 1.29 is 9.53 Å². The highest BCUT2D eigenvalue weighted by atomic mass is 79.9. The molecule has 31 heavy (non-hydrogen) atoms. The van der Waals surface area contributed by atoms with E-state index in [9.17, 15) is 4.79 Å². The molecule has 0 bridgehead atoms. The van der Waals surface area contributed by atoms with E-state index in [1.807, 2.05) is 60.7 Å². The Morgan fingerprint density at radius 2 is 1.77 bits per heavy atom. The van der Waals surface area contributed by atoms with Crippen molar-refractivity contribution >= 4 is 85.1 Å². The van der Waals surface area contributed by atoms with Crippen molar-refractivity contribution in [2.24, 2.45) is 0 Å². The summed E-state index contributed by atoms with van der Waals surface area (Å²) in [5.41, 5.74) is 2.49. The minimum Gasteiger partial charge on any atom is -0.486 e. The molecule has 1 saturated heterocycles. The first-order chi connectivity index (χ1) is 14.9. The standard InChI is InChI=1S/C23H14BrCl2NO2S2/c24-18-10-15(11-19(26)21(18)29-13-14-6-8-16(25)9-7-14)12-20-22(28)27(23(30)31-20)17-4-2-1-3-5-17/h1-12H,13H2/b20-12+. The maximum absolute atomic E-state index is 12.9. The third kappa shape index (κ3) is 5.16. The predicted molar refractivity (Wildman–Crippen MR) is 137 cm³/mol. The van der Waals surface area contributed by atoms with Crippen LogP contribution in [-0.2, 0) is 11.4 Å². The second-order valence-corrected chi connectivity index (χ2v) is 9.96. The Morgan fingerprint density at radius 1 is 1.06 bits per heavy atom. The van der Waals surface area contributed by atoms with Crippen molar-refractivity contribution in [3.05, 3.63) is 97.3 Å². The van der Waals surface area contributed by atoms with Crippen molar-refractivity contribution in [2.75, 3.05) is 4.90 Å². The summed E-state index contributed by atoms with van der Waals surface area (Å²) in [6, 6.07) is 20.4. The zero-order valence-corrected chi connectivity index (χ0v) is 20.6. The lowest BCUT2D eigenvalue weighted by atomic mass is 10.2. The molecule has 1 heterocycles. The van der Waals surface area contributed by atoms with Gasteiger partial charge in [0.25, 0.3) is 5.91 Å². The lowest BCUT2D eigenvalue weighted by Gasteiger charge is -2.14. The number of amides is 1. The number of anilines is 1. The van der Waals surface area contributed by atoms with Crippen LogP contribution in [0.3, 0.4) is 0 Å². The highest BCUT2D eigenvalue weighted by Crippen LogP contribution is 2.39. The van der Waals surface area contributed by atoms with Crippen LogP contribution in [0.2, 0.25) is 10.0 Å². The smallest absolute Gasteiger partial charge is 0.270 e. The number of thioether (sulfide) groups is 1. The van der Waals surface area contributed by atoms with Gasteiger partial charge in [0, 0.05) is 5.02 Å². The van der Waals surface area contributed by atoms with Crippen LogP contribution in [0.5, 0.6) is 5.75 Å². The van der Waals surface area contributed by atoms with E-state index in [0.717, 1.165) is 16.8 Å². The summed E-state index contributed by atoms with van der Waals surface area (Å²) in [6.07, 6.45) is 1.78. The lowest BCUT2D eigenvalue weighted by molar-refractivity contribution is -0.113. The van der Waals surface area contributed by atoms with Crippen molar-refractivity contribution in [1.29, 1.82) is 0 Å². The van der Waals surface area contributed by atoms with Crippen LogP contribution in [0.1, 0.15) is 11.1 Å². The fraction of sp³-hybridized carbons (Fsp3) is 0.0435. The lowest BCUT2D eigenvalue weighted by Crippen LogP contribution is -2.27. The van der Waals surface area contributed by atoms with E-state index in [1.165, 1.54) is 16.7 Å². The second-order valence-electron chi connectivity index (χ2n) is 6.58. The van der Waals surface area contributed by atoms with Gasteiger partial charge in [0.15, 0.2) is 10.1 Å². The summed E-state index contributed by atoms with van der Waals surface area (Å²) >= 11 is 22.6. The van der Waals surface area contributed by atoms with E-state index in [2.05, 4.69) is 15.9 Å². The molecule has 1 aliphatic heterocycles. The summed E-state index contributed by atoms with van der Waals surface area (Å²) in [6.45, 7) is 0.352. The van der Waals surface area contributed by atoms with Crippen LogP contribution in [0.25, 0.3) is 6.08 Å². The first kappa shape index (κ1) is 22.4. The number of carbonyl (C=O) groups excluding carboxylic acids is 1. The normalized spacial score (nSPS) is 15.1.